The van der Waals surface area contributed by atoms with E-state index in [1.807, 2.05) is 32.2 Å². The summed E-state index contributed by atoms with van der Waals surface area (Å²) in [6.07, 6.45) is 1.58. The first-order valence-electron chi connectivity index (χ1n) is 7.91. The molecule has 3 rings (SSSR count). The highest BCUT2D eigenvalue weighted by atomic mass is 16.5. The van der Waals surface area contributed by atoms with E-state index >= 15 is 0 Å². The number of nitrogens with zero attached hydrogens (tertiary/aromatic N) is 2. The lowest BCUT2D eigenvalue weighted by Crippen LogP contribution is -2.36. The molecule has 6 nitrogen and oxygen atoms in total. The fraction of sp³-hybridized carbons (Fsp3) is 0.471. The summed E-state index contributed by atoms with van der Waals surface area (Å²) in [5.41, 5.74) is 3.16. The number of morpholine rings is 1. The zero-order chi connectivity index (χ0) is 16.2. The lowest BCUT2D eigenvalue weighted by atomic mass is 10.2. The highest BCUT2D eigenvalue weighted by Gasteiger charge is 2.19. The van der Waals surface area contributed by atoms with Crippen molar-refractivity contribution in [3.05, 3.63) is 47.2 Å². The minimum atomic E-state index is -0.169. The highest BCUT2D eigenvalue weighted by molar-refractivity contribution is 5.92. The molecule has 124 valence electrons. The van der Waals surface area contributed by atoms with Gasteiger partial charge in [-0.05, 0) is 25.1 Å². The van der Waals surface area contributed by atoms with Gasteiger partial charge in [0.05, 0.1) is 26.0 Å². The van der Waals surface area contributed by atoms with Gasteiger partial charge in [0, 0.05) is 43.6 Å². The number of hydrogen-bond acceptors (Lipinski definition) is 4. The van der Waals surface area contributed by atoms with Gasteiger partial charge in [0.1, 0.15) is 0 Å². The van der Waals surface area contributed by atoms with Crippen LogP contribution in [0.3, 0.4) is 0 Å². The number of aromatic nitrogens is 1. The Balaban J connectivity index is 1.61. The Morgan fingerprint density at radius 3 is 2.74 bits per heavy atom. The van der Waals surface area contributed by atoms with Crippen LogP contribution in [-0.2, 0) is 24.9 Å². The van der Waals surface area contributed by atoms with E-state index in [9.17, 15) is 4.79 Å². The molecule has 1 amide bonds. The van der Waals surface area contributed by atoms with Crippen molar-refractivity contribution >= 4 is 5.91 Å². The van der Waals surface area contributed by atoms with Crippen LogP contribution in [-0.4, -0.2) is 41.7 Å². The van der Waals surface area contributed by atoms with Gasteiger partial charge in [-0.1, -0.05) is 0 Å². The van der Waals surface area contributed by atoms with E-state index < -0.39 is 0 Å². The Hall–Kier alpha value is -2.05. The predicted molar refractivity (Wildman–Crippen MR) is 86.1 cm³/mol. The molecule has 6 heteroatoms. The largest absolute Gasteiger partial charge is 0.459 e. The van der Waals surface area contributed by atoms with E-state index in [0.29, 0.717) is 18.8 Å². The number of carbonyl (C=O) groups excluding carboxylic acids is 1. The molecule has 1 saturated heterocycles. The van der Waals surface area contributed by atoms with Crippen molar-refractivity contribution in [3.63, 3.8) is 0 Å². The Morgan fingerprint density at radius 1 is 1.26 bits per heavy atom. The summed E-state index contributed by atoms with van der Waals surface area (Å²) < 4.78 is 12.8. The van der Waals surface area contributed by atoms with Crippen LogP contribution in [0.4, 0.5) is 0 Å². The standard InChI is InChI=1S/C17H23N3O3/c1-13-3-4-15(19(13)2)11-18-17(21)16-14(5-8-23-16)12-20-6-9-22-10-7-20/h3-5,8H,6-7,9-12H2,1-2H3,(H,18,21). The molecule has 0 saturated carbocycles. The molecule has 2 aromatic heterocycles. The Labute approximate surface area is 136 Å². The van der Waals surface area contributed by atoms with Gasteiger partial charge in [-0.2, -0.15) is 0 Å². The van der Waals surface area contributed by atoms with Gasteiger partial charge >= 0.3 is 0 Å². The van der Waals surface area contributed by atoms with Crippen molar-refractivity contribution in [2.45, 2.75) is 20.0 Å². The van der Waals surface area contributed by atoms with E-state index in [4.69, 9.17) is 9.15 Å². The molecular formula is C17H23N3O3. The molecule has 1 aliphatic heterocycles. The van der Waals surface area contributed by atoms with Crippen LogP contribution in [0, 0.1) is 6.92 Å². The summed E-state index contributed by atoms with van der Waals surface area (Å²) in [5, 5.41) is 2.94. The number of amides is 1. The SMILES string of the molecule is Cc1ccc(CNC(=O)c2occc2CN2CCOCC2)n1C. The Kier molecular flexibility index (Phi) is 4.83. The van der Waals surface area contributed by atoms with Crippen molar-refractivity contribution in [2.24, 2.45) is 7.05 Å². The summed E-state index contributed by atoms with van der Waals surface area (Å²) >= 11 is 0. The first kappa shape index (κ1) is 15.8. The maximum absolute atomic E-state index is 12.4. The van der Waals surface area contributed by atoms with E-state index in [0.717, 1.165) is 37.6 Å². The highest BCUT2D eigenvalue weighted by Crippen LogP contribution is 2.15. The maximum atomic E-state index is 12.4. The van der Waals surface area contributed by atoms with Crippen molar-refractivity contribution in [1.82, 2.24) is 14.8 Å². The molecular weight excluding hydrogens is 294 g/mol. The zero-order valence-corrected chi connectivity index (χ0v) is 13.7. The molecule has 23 heavy (non-hydrogen) atoms. The van der Waals surface area contributed by atoms with E-state index in [2.05, 4.69) is 14.8 Å². The Morgan fingerprint density at radius 2 is 2.04 bits per heavy atom. The fourth-order valence-corrected chi connectivity index (χ4v) is 2.76. The molecule has 0 unspecified atom stereocenters. The molecule has 0 atom stereocenters. The van der Waals surface area contributed by atoms with Crippen LogP contribution in [0.5, 0.6) is 0 Å². The van der Waals surface area contributed by atoms with Crippen LogP contribution < -0.4 is 5.32 Å². The first-order chi connectivity index (χ1) is 11.1. The van der Waals surface area contributed by atoms with Crippen molar-refractivity contribution in [1.29, 1.82) is 0 Å². The molecule has 0 radical (unpaired) electrons. The number of furan rings is 1. The van der Waals surface area contributed by atoms with Crippen LogP contribution in [0.1, 0.15) is 27.5 Å². The van der Waals surface area contributed by atoms with Crippen molar-refractivity contribution in [3.8, 4) is 0 Å². The van der Waals surface area contributed by atoms with Crippen molar-refractivity contribution in [2.75, 3.05) is 26.3 Å². The molecule has 1 fully saturated rings. The zero-order valence-electron chi connectivity index (χ0n) is 13.7. The van der Waals surface area contributed by atoms with Gasteiger partial charge in [-0.15, -0.1) is 0 Å². The first-order valence-corrected chi connectivity index (χ1v) is 7.91. The van der Waals surface area contributed by atoms with Crippen LogP contribution >= 0.6 is 0 Å². The second-order valence-corrected chi connectivity index (χ2v) is 5.87. The molecule has 0 aliphatic carbocycles. The molecule has 0 aromatic carbocycles. The van der Waals surface area contributed by atoms with Gasteiger partial charge in [0.2, 0.25) is 0 Å². The lowest BCUT2D eigenvalue weighted by Gasteiger charge is -2.26. The number of hydrogen-bond donors (Lipinski definition) is 1. The minimum absolute atomic E-state index is 0.169. The maximum Gasteiger partial charge on any atom is 0.287 e. The number of ether oxygens (including phenoxy) is 1. The van der Waals surface area contributed by atoms with Crippen LogP contribution in [0.25, 0.3) is 0 Å². The number of aryl methyl sites for hydroxylation is 1. The normalized spacial score (nSPS) is 15.7. The van der Waals surface area contributed by atoms with E-state index in [1.54, 1.807) is 6.26 Å². The summed E-state index contributed by atoms with van der Waals surface area (Å²) in [4.78, 5) is 14.7. The van der Waals surface area contributed by atoms with E-state index in [-0.39, 0.29) is 5.91 Å². The third kappa shape index (κ3) is 3.65. The number of rotatable bonds is 5. The average Bonchev–Trinajstić information content (AvgIpc) is 3.14. The van der Waals surface area contributed by atoms with E-state index in [1.165, 1.54) is 5.69 Å². The molecule has 2 aromatic rings. The quantitative estimate of drug-likeness (QED) is 0.912. The summed E-state index contributed by atoms with van der Waals surface area (Å²) in [5.74, 6) is 0.236. The second-order valence-electron chi connectivity index (χ2n) is 5.87. The van der Waals surface area contributed by atoms with Gasteiger partial charge < -0.3 is 19.0 Å². The summed E-state index contributed by atoms with van der Waals surface area (Å²) in [6.45, 7) is 6.49. The third-order valence-electron chi connectivity index (χ3n) is 4.36. The number of nitrogens with one attached hydrogen (secondary N) is 1. The topological polar surface area (TPSA) is 59.6 Å². The number of carbonyl (C=O) groups is 1. The molecule has 0 bridgehead atoms. The van der Waals surface area contributed by atoms with Crippen LogP contribution in [0.2, 0.25) is 0 Å². The van der Waals surface area contributed by atoms with Crippen molar-refractivity contribution < 1.29 is 13.9 Å². The van der Waals surface area contributed by atoms with Gasteiger partial charge in [0.15, 0.2) is 5.76 Å². The molecule has 1 aliphatic rings. The third-order valence-corrected chi connectivity index (χ3v) is 4.36. The average molecular weight is 317 g/mol. The molecule has 1 N–H and O–H groups in total. The summed E-state index contributed by atoms with van der Waals surface area (Å²) in [6, 6.07) is 5.93. The minimum Gasteiger partial charge on any atom is -0.459 e. The lowest BCUT2D eigenvalue weighted by molar-refractivity contribution is 0.0339. The van der Waals surface area contributed by atoms with Crippen LogP contribution in [0.15, 0.2) is 28.9 Å². The molecule has 0 spiro atoms. The van der Waals surface area contributed by atoms with Gasteiger partial charge in [-0.3, -0.25) is 9.69 Å². The monoisotopic (exact) mass is 317 g/mol. The fourth-order valence-electron chi connectivity index (χ4n) is 2.76. The molecule has 3 heterocycles. The van der Waals surface area contributed by atoms with Gasteiger partial charge in [0.25, 0.3) is 5.91 Å². The second kappa shape index (κ2) is 7.02. The van der Waals surface area contributed by atoms with Gasteiger partial charge in [-0.25, -0.2) is 0 Å². The Bertz CT molecular complexity index is 668. The smallest absolute Gasteiger partial charge is 0.287 e. The predicted octanol–water partition coefficient (Wildman–Crippen LogP) is 1.69. The summed E-state index contributed by atoms with van der Waals surface area (Å²) in [7, 11) is 1.99.